The molecule has 0 aliphatic carbocycles. The summed E-state index contributed by atoms with van der Waals surface area (Å²) in [5.41, 5.74) is 9.35. The van der Waals surface area contributed by atoms with Crippen molar-refractivity contribution in [1.82, 2.24) is 14.8 Å². The van der Waals surface area contributed by atoms with E-state index in [0.29, 0.717) is 5.69 Å². The summed E-state index contributed by atoms with van der Waals surface area (Å²) < 4.78 is 1.69. The van der Waals surface area contributed by atoms with E-state index in [0.717, 1.165) is 24.5 Å². The summed E-state index contributed by atoms with van der Waals surface area (Å²) in [4.78, 5) is 4.20. The van der Waals surface area contributed by atoms with Crippen molar-refractivity contribution in [2.24, 2.45) is 7.05 Å². The third-order valence-electron chi connectivity index (χ3n) is 2.01. The average molecular weight is 223 g/mol. The van der Waals surface area contributed by atoms with Gasteiger partial charge in [-0.2, -0.15) is 5.10 Å². The van der Waals surface area contributed by atoms with Crippen molar-refractivity contribution in [2.75, 3.05) is 17.6 Å². The van der Waals surface area contributed by atoms with Crippen molar-refractivity contribution in [3.05, 3.63) is 22.8 Å². The van der Waals surface area contributed by atoms with E-state index in [-0.39, 0.29) is 0 Å². The second kappa shape index (κ2) is 4.31. The first-order valence-electron chi connectivity index (χ1n) is 4.66. The SMILES string of the molecule is Cn1cc(N)c(NCCc2cscn2)n1. The summed E-state index contributed by atoms with van der Waals surface area (Å²) in [6, 6.07) is 0. The van der Waals surface area contributed by atoms with E-state index in [1.54, 1.807) is 22.2 Å². The van der Waals surface area contributed by atoms with Crippen LogP contribution in [0.5, 0.6) is 0 Å². The molecular formula is C9H13N5S. The van der Waals surface area contributed by atoms with Crippen molar-refractivity contribution >= 4 is 22.8 Å². The number of nitrogen functional groups attached to an aromatic ring is 1. The molecule has 0 aromatic carbocycles. The maximum atomic E-state index is 5.74. The average Bonchev–Trinajstić information content (AvgIpc) is 2.77. The van der Waals surface area contributed by atoms with Crippen LogP contribution in [-0.4, -0.2) is 21.3 Å². The Morgan fingerprint density at radius 3 is 3.07 bits per heavy atom. The number of nitrogens with zero attached hydrogens (tertiary/aromatic N) is 3. The minimum absolute atomic E-state index is 0.677. The van der Waals surface area contributed by atoms with Gasteiger partial charge in [0.1, 0.15) is 0 Å². The fraction of sp³-hybridized carbons (Fsp3) is 0.333. The monoisotopic (exact) mass is 223 g/mol. The molecule has 0 bridgehead atoms. The maximum absolute atomic E-state index is 5.74. The van der Waals surface area contributed by atoms with Gasteiger partial charge in [0.2, 0.25) is 0 Å². The lowest BCUT2D eigenvalue weighted by atomic mass is 10.3. The third-order valence-corrected chi connectivity index (χ3v) is 2.65. The minimum atomic E-state index is 0.677. The zero-order valence-electron chi connectivity index (χ0n) is 8.47. The van der Waals surface area contributed by atoms with E-state index >= 15 is 0 Å². The van der Waals surface area contributed by atoms with E-state index < -0.39 is 0 Å². The molecule has 2 aromatic heterocycles. The minimum Gasteiger partial charge on any atom is -0.394 e. The molecule has 0 atom stereocenters. The van der Waals surface area contributed by atoms with Crippen molar-refractivity contribution in [3.8, 4) is 0 Å². The van der Waals surface area contributed by atoms with Crippen LogP contribution in [0.25, 0.3) is 0 Å². The Balaban J connectivity index is 1.86. The van der Waals surface area contributed by atoms with E-state index in [1.165, 1.54) is 0 Å². The Morgan fingerprint density at radius 2 is 2.47 bits per heavy atom. The normalized spacial score (nSPS) is 10.5. The van der Waals surface area contributed by atoms with Gasteiger partial charge in [-0.1, -0.05) is 0 Å². The number of aryl methyl sites for hydroxylation is 1. The number of nitrogens with one attached hydrogen (secondary N) is 1. The topological polar surface area (TPSA) is 68.8 Å². The number of rotatable bonds is 4. The zero-order valence-corrected chi connectivity index (χ0v) is 9.29. The van der Waals surface area contributed by atoms with Gasteiger partial charge in [0.25, 0.3) is 0 Å². The van der Waals surface area contributed by atoms with Crippen LogP contribution in [0.3, 0.4) is 0 Å². The van der Waals surface area contributed by atoms with Gasteiger partial charge in [-0.15, -0.1) is 11.3 Å². The van der Waals surface area contributed by atoms with Gasteiger partial charge in [0.15, 0.2) is 5.82 Å². The predicted molar refractivity (Wildman–Crippen MR) is 61.9 cm³/mol. The summed E-state index contributed by atoms with van der Waals surface area (Å²) in [5.74, 6) is 0.743. The standard InChI is InChI=1S/C9H13N5S/c1-14-4-8(10)9(13-14)11-3-2-7-5-15-6-12-7/h4-6H,2-3,10H2,1H3,(H,11,13). The Labute approximate surface area is 91.9 Å². The van der Waals surface area contributed by atoms with Crippen LogP contribution in [-0.2, 0) is 13.5 Å². The zero-order chi connectivity index (χ0) is 10.7. The largest absolute Gasteiger partial charge is 0.394 e. The summed E-state index contributed by atoms with van der Waals surface area (Å²) in [5, 5.41) is 9.42. The van der Waals surface area contributed by atoms with Gasteiger partial charge < -0.3 is 11.1 Å². The van der Waals surface area contributed by atoms with E-state index in [1.807, 2.05) is 17.9 Å². The number of hydrogen-bond acceptors (Lipinski definition) is 5. The van der Waals surface area contributed by atoms with Gasteiger partial charge in [0, 0.05) is 31.6 Å². The van der Waals surface area contributed by atoms with Crippen LogP contribution in [0.2, 0.25) is 0 Å². The second-order valence-electron chi connectivity index (χ2n) is 3.26. The smallest absolute Gasteiger partial charge is 0.171 e. The van der Waals surface area contributed by atoms with Crippen LogP contribution in [0, 0.1) is 0 Å². The predicted octanol–water partition coefficient (Wildman–Crippen LogP) is 1.11. The van der Waals surface area contributed by atoms with Crippen LogP contribution in [0.1, 0.15) is 5.69 Å². The van der Waals surface area contributed by atoms with Crippen LogP contribution in [0.4, 0.5) is 11.5 Å². The number of aromatic nitrogens is 3. The lowest BCUT2D eigenvalue weighted by Gasteiger charge is -2.01. The summed E-state index contributed by atoms with van der Waals surface area (Å²) in [7, 11) is 1.85. The molecule has 0 spiro atoms. The summed E-state index contributed by atoms with van der Waals surface area (Å²) in [6.45, 7) is 0.797. The summed E-state index contributed by atoms with van der Waals surface area (Å²) >= 11 is 1.61. The van der Waals surface area contributed by atoms with Crippen LogP contribution < -0.4 is 11.1 Å². The molecule has 0 aliphatic rings. The Morgan fingerprint density at radius 1 is 1.60 bits per heavy atom. The Hall–Kier alpha value is -1.56. The Bertz CT molecular complexity index is 420. The lowest BCUT2D eigenvalue weighted by molar-refractivity contribution is 0.767. The molecule has 5 nitrogen and oxygen atoms in total. The first-order valence-corrected chi connectivity index (χ1v) is 5.60. The van der Waals surface area contributed by atoms with Gasteiger partial charge in [-0.05, 0) is 0 Å². The van der Waals surface area contributed by atoms with Crippen LogP contribution >= 0.6 is 11.3 Å². The van der Waals surface area contributed by atoms with Crippen LogP contribution in [0.15, 0.2) is 17.1 Å². The highest BCUT2D eigenvalue weighted by molar-refractivity contribution is 7.07. The van der Waals surface area contributed by atoms with Gasteiger partial charge in [-0.25, -0.2) is 4.98 Å². The Kier molecular flexibility index (Phi) is 2.86. The highest BCUT2D eigenvalue weighted by atomic mass is 32.1. The van der Waals surface area contributed by atoms with E-state index in [4.69, 9.17) is 5.73 Å². The third kappa shape index (κ3) is 2.47. The molecular weight excluding hydrogens is 210 g/mol. The highest BCUT2D eigenvalue weighted by Crippen LogP contribution is 2.13. The first kappa shape index (κ1) is 9.97. The molecule has 0 fully saturated rings. The lowest BCUT2D eigenvalue weighted by Crippen LogP contribution is -2.07. The van der Waals surface area contributed by atoms with E-state index in [9.17, 15) is 0 Å². The maximum Gasteiger partial charge on any atom is 0.171 e. The molecule has 0 amide bonds. The quantitative estimate of drug-likeness (QED) is 0.814. The molecule has 2 heterocycles. The fourth-order valence-corrected chi connectivity index (χ4v) is 1.91. The molecule has 2 rings (SSSR count). The molecule has 0 saturated carbocycles. The van der Waals surface area contributed by atoms with Gasteiger partial charge in [0.05, 0.1) is 16.9 Å². The number of anilines is 2. The molecule has 15 heavy (non-hydrogen) atoms. The van der Waals surface area contributed by atoms with Gasteiger partial charge >= 0.3 is 0 Å². The number of thiazole rings is 1. The molecule has 0 unspecified atom stereocenters. The van der Waals surface area contributed by atoms with Gasteiger partial charge in [-0.3, -0.25) is 4.68 Å². The first-order chi connectivity index (χ1) is 7.25. The molecule has 80 valence electrons. The molecule has 2 aromatic rings. The van der Waals surface area contributed by atoms with Crippen molar-refractivity contribution in [1.29, 1.82) is 0 Å². The highest BCUT2D eigenvalue weighted by Gasteiger charge is 2.02. The number of hydrogen-bond donors (Lipinski definition) is 2. The summed E-state index contributed by atoms with van der Waals surface area (Å²) in [6.07, 6.45) is 2.67. The molecule has 3 N–H and O–H groups in total. The van der Waals surface area contributed by atoms with Crippen molar-refractivity contribution in [3.63, 3.8) is 0 Å². The van der Waals surface area contributed by atoms with Crippen molar-refractivity contribution in [2.45, 2.75) is 6.42 Å². The molecule has 0 aliphatic heterocycles. The van der Waals surface area contributed by atoms with E-state index in [2.05, 4.69) is 15.4 Å². The molecule has 0 saturated heterocycles. The molecule has 0 radical (unpaired) electrons. The molecule has 6 heteroatoms. The number of nitrogens with two attached hydrogens (primary N) is 1. The fourth-order valence-electron chi connectivity index (χ4n) is 1.31. The van der Waals surface area contributed by atoms with Crippen molar-refractivity contribution < 1.29 is 0 Å². The second-order valence-corrected chi connectivity index (χ2v) is 3.98.